The Bertz CT molecular complexity index is 592. The number of nitrogens with two attached hydrogens (primary N) is 1. The van der Waals surface area contributed by atoms with Gasteiger partial charge in [-0.25, -0.2) is 4.98 Å². The van der Waals surface area contributed by atoms with Crippen LogP contribution in [0, 0.1) is 5.92 Å². The van der Waals surface area contributed by atoms with Crippen molar-refractivity contribution in [2.24, 2.45) is 11.7 Å². The summed E-state index contributed by atoms with van der Waals surface area (Å²) in [5.74, 6) is -0.227. The molecule has 0 saturated carbocycles. The monoisotopic (exact) mass is 286 g/mol. The molecule has 0 saturated heterocycles. The van der Waals surface area contributed by atoms with Crippen LogP contribution < -0.4 is 11.1 Å². The van der Waals surface area contributed by atoms with Gasteiger partial charge in [-0.3, -0.25) is 4.79 Å². The Hall–Kier alpha value is -2.14. The van der Waals surface area contributed by atoms with Crippen molar-refractivity contribution >= 4 is 5.91 Å². The third-order valence-corrected chi connectivity index (χ3v) is 3.73. The number of imidazole rings is 1. The maximum atomic E-state index is 12.1. The van der Waals surface area contributed by atoms with E-state index in [2.05, 4.69) is 10.3 Å². The molecule has 1 amide bonds. The van der Waals surface area contributed by atoms with Crippen LogP contribution in [0.3, 0.4) is 0 Å². The van der Waals surface area contributed by atoms with Gasteiger partial charge in [0, 0.05) is 30.0 Å². The number of nitrogens with one attached hydrogen (secondary N) is 1. The fraction of sp³-hybridized carbons (Fsp3) is 0.375. The number of nitrogens with zero attached hydrogens (tertiary/aromatic N) is 2. The number of hydrogen-bond donors (Lipinski definition) is 2. The zero-order valence-electron chi connectivity index (χ0n) is 12.7. The standard InChI is InChI=1S/C16H22N4O/c1-11(12(2)17)16(21)19-13(3)14-5-4-6-15(9-14)20-8-7-18-10-20/h4-13H,17H2,1-3H3,(H,19,21). The van der Waals surface area contributed by atoms with Gasteiger partial charge in [-0.15, -0.1) is 0 Å². The van der Waals surface area contributed by atoms with Gasteiger partial charge < -0.3 is 15.6 Å². The SMILES string of the molecule is CC(NC(=O)C(C)C(C)N)c1cccc(-n2ccnc2)c1. The van der Waals surface area contributed by atoms with Crippen molar-refractivity contribution in [3.8, 4) is 5.69 Å². The summed E-state index contributed by atoms with van der Waals surface area (Å²) < 4.78 is 1.93. The van der Waals surface area contributed by atoms with E-state index in [1.54, 1.807) is 12.5 Å². The lowest BCUT2D eigenvalue weighted by Gasteiger charge is -2.20. The maximum absolute atomic E-state index is 12.1. The fourth-order valence-electron chi connectivity index (χ4n) is 2.03. The minimum absolute atomic E-state index is 0.0227. The van der Waals surface area contributed by atoms with E-state index in [1.807, 2.05) is 55.8 Å². The highest BCUT2D eigenvalue weighted by Gasteiger charge is 2.19. The van der Waals surface area contributed by atoms with Crippen LogP contribution in [0.4, 0.5) is 0 Å². The number of benzene rings is 1. The van der Waals surface area contributed by atoms with E-state index in [0.717, 1.165) is 11.3 Å². The largest absolute Gasteiger partial charge is 0.349 e. The molecule has 1 aromatic carbocycles. The molecular weight excluding hydrogens is 264 g/mol. The highest BCUT2D eigenvalue weighted by Crippen LogP contribution is 2.17. The van der Waals surface area contributed by atoms with Gasteiger partial charge in [-0.2, -0.15) is 0 Å². The predicted octanol–water partition coefficient (Wildman–Crippen LogP) is 2.03. The second-order valence-electron chi connectivity index (χ2n) is 5.44. The first kappa shape index (κ1) is 15.3. The number of carbonyl (C=O) groups is 1. The van der Waals surface area contributed by atoms with Gasteiger partial charge in [-0.05, 0) is 31.5 Å². The molecule has 2 rings (SSSR count). The lowest BCUT2D eigenvalue weighted by atomic mass is 10.0. The summed E-state index contributed by atoms with van der Waals surface area (Å²) in [7, 11) is 0. The van der Waals surface area contributed by atoms with Crippen LogP contribution in [-0.4, -0.2) is 21.5 Å². The molecule has 0 spiro atoms. The van der Waals surface area contributed by atoms with Crippen LogP contribution in [-0.2, 0) is 4.79 Å². The Kier molecular flexibility index (Phi) is 4.75. The van der Waals surface area contributed by atoms with Crippen molar-refractivity contribution in [2.45, 2.75) is 32.9 Å². The number of carbonyl (C=O) groups excluding carboxylic acids is 1. The van der Waals surface area contributed by atoms with Crippen LogP contribution in [0.1, 0.15) is 32.4 Å². The third kappa shape index (κ3) is 3.70. The van der Waals surface area contributed by atoms with Gasteiger partial charge in [0.2, 0.25) is 5.91 Å². The second kappa shape index (κ2) is 6.54. The summed E-state index contributed by atoms with van der Waals surface area (Å²) in [6, 6.07) is 7.80. The lowest BCUT2D eigenvalue weighted by molar-refractivity contribution is -0.125. The Balaban J connectivity index is 2.11. The minimum atomic E-state index is -0.204. The highest BCUT2D eigenvalue weighted by molar-refractivity contribution is 5.79. The van der Waals surface area contributed by atoms with Crippen LogP contribution >= 0.6 is 0 Å². The van der Waals surface area contributed by atoms with Crippen molar-refractivity contribution < 1.29 is 4.79 Å². The average molecular weight is 286 g/mol. The number of aromatic nitrogens is 2. The van der Waals surface area contributed by atoms with Crippen LogP contribution in [0.15, 0.2) is 43.0 Å². The Morgan fingerprint density at radius 3 is 2.71 bits per heavy atom. The maximum Gasteiger partial charge on any atom is 0.224 e. The Morgan fingerprint density at radius 2 is 2.10 bits per heavy atom. The van der Waals surface area contributed by atoms with Crippen molar-refractivity contribution in [3.63, 3.8) is 0 Å². The normalized spacial score (nSPS) is 15.2. The Morgan fingerprint density at radius 1 is 1.33 bits per heavy atom. The summed E-state index contributed by atoms with van der Waals surface area (Å²) >= 11 is 0. The topological polar surface area (TPSA) is 72.9 Å². The first-order chi connectivity index (χ1) is 9.99. The fourth-order valence-corrected chi connectivity index (χ4v) is 2.03. The first-order valence-corrected chi connectivity index (χ1v) is 7.13. The number of hydrogen-bond acceptors (Lipinski definition) is 3. The zero-order chi connectivity index (χ0) is 15.4. The Labute approximate surface area is 125 Å². The van der Waals surface area contributed by atoms with E-state index in [1.165, 1.54) is 0 Å². The van der Waals surface area contributed by atoms with Crippen molar-refractivity contribution in [3.05, 3.63) is 48.5 Å². The molecular formula is C16H22N4O. The molecule has 0 radical (unpaired) electrons. The van der Waals surface area contributed by atoms with Crippen LogP contribution in [0.2, 0.25) is 0 Å². The van der Waals surface area contributed by atoms with Gasteiger partial charge in [-0.1, -0.05) is 19.1 Å². The molecule has 0 aliphatic heterocycles. The van der Waals surface area contributed by atoms with Gasteiger partial charge in [0.1, 0.15) is 0 Å². The van der Waals surface area contributed by atoms with E-state index in [-0.39, 0.29) is 23.9 Å². The van der Waals surface area contributed by atoms with E-state index >= 15 is 0 Å². The summed E-state index contributed by atoms with van der Waals surface area (Å²) in [5.41, 5.74) is 7.84. The number of amides is 1. The highest BCUT2D eigenvalue weighted by atomic mass is 16.1. The van der Waals surface area contributed by atoms with Gasteiger partial charge in [0.05, 0.1) is 12.4 Å². The van der Waals surface area contributed by atoms with E-state index in [4.69, 9.17) is 5.73 Å². The van der Waals surface area contributed by atoms with Crippen LogP contribution in [0.5, 0.6) is 0 Å². The molecule has 2 aromatic rings. The molecule has 5 heteroatoms. The second-order valence-corrected chi connectivity index (χ2v) is 5.44. The minimum Gasteiger partial charge on any atom is -0.349 e. The average Bonchev–Trinajstić information content (AvgIpc) is 3.00. The smallest absolute Gasteiger partial charge is 0.224 e. The first-order valence-electron chi connectivity index (χ1n) is 7.13. The molecule has 0 fully saturated rings. The molecule has 21 heavy (non-hydrogen) atoms. The summed E-state index contributed by atoms with van der Waals surface area (Å²) in [6.45, 7) is 5.65. The van der Waals surface area contributed by atoms with Gasteiger partial charge >= 0.3 is 0 Å². The van der Waals surface area contributed by atoms with Gasteiger partial charge in [0.15, 0.2) is 0 Å². The molecule has 1 heterocycles. The molecule has 3 atom stereocenters. The molecule has 0 aliphatic carbocycles. The van der Waals surface area contributed by atoms with E-state index in [0.29, 0.717) is 0 Å². The molecule has 5 nitrogen and oxygen atoms in total. The molecule has 0 bridgehead atoms. The summed E-state index contributed by atoms with van der Waals surface area (Å²) in [4.78, 5) is 16.1. The summed E-state index contributed by atoms with van der Waals surface area (Å²) in [6.07, 6.45) is 5.38. The van der Waals surface area contributed by atoms with Gasteiger partial charge in [0.25, 0.3) is 0 Å². The molecule has 1 aromatic heterocycles. The molecule has 112 valence electrons. The van der Waals surface area contributed by atoms with Crippen molar-refractivity contribution in [1.29, 1.82) is 0 Å². The summed E-state index contributed by atoms with van der Waals surface area (Å²) in [5, 5.41) is 3.01. The number of rotatable bonds is 5. The molecule has 0 aliphatic rings. The van der Waals surface area contributed by atoms with Crippen LogP contribution in [0.25, 0.3) is 5.69 Å². The van der Waals surface area contributed by atoms with E-state index in [9.17, 15) is 4.79 Å². The molecule has 3 N–H and O–H groups in total. The van der Waals surface area contributed by atoms with E-state index < -0.39 is 0 Å². The quantitative estimate of drug-likeness (QED) is 0.883. The van der Waals surface area contributed by atoms with Crippen molar-refractivity contribution in [1.82, 2.24) is 14.9 Å². The predicted molar refractivity (Wildman–Crippen MR) is 82.9 cm³/mol. The van der Waals surface area contributed by atoms with Crippen molar-refractivity contribution in [2.75, 3.05) is 0 Å². The molecule has 3 unspecified atom stereocenters. The zero-order valence-corrected chi connectivity index (χ0v) is 12.7. The third-order valence-electron chi connectivity index (χ3n) is 3.73. The lowest BCUT2D eigenvalue weighted by Crippen LogP contribution is -2.39.